The number of aromatic amines is 1. The summed E-state index contributed by atoms with van der Waals surface area (Å²) >= 11 is 0. The summed E-state index contributed by atoms with van der Waals surface area (Å²) in [4.78, 5) is 12.3. The van der Waals surface area contributed by atoms with Crippen molar-refractivity contribution in [2.24, 2.45) is 5.92 Å². The second-order valence-corrected chi connectivity index (χ2v) is 6.42. The second-order valence-electron chi connectivity index (χ2n) is 6.42. The van der Waals surface area contributed by atoms with Crippen molar-refractivity contribution < 1.29 is 14.3 Å². The van der Waals surface area contributed by atoms with E-state index in [-0.39, 0.29) is 18.4 Å². The molecule has 0 fully saturated rings. The fourth-order valence-electron chi connectivity index (χ4n) is 2.52. The highest BCUT2D eigenvalue weighted by molar-refractivity contribution is 5.78. The van der Waals surface area contributed by atoms with Gasteiger partial charge in [-0.1, -0.05) is 6.92 Å². The van der Waals surface area contributed by atoms with E-state index in [1.807, 2.05) is 27.7 Å². The molecule has 6 nitrogen and oxygen atoms in total. The lowest BCUT2D eigenvalue weighted by atomic mass is 9.98. The zero-order valence-electron chi connectivity index (χ0n) is 14.4. The van der Waals surface area contributed by atoms with Gasteiger partial charge in [-0.25, -0.2) is 0 Å². The molecular weight excluding hydrogens is 294 g/mol. The molecule has 0 saturated heterocycles. The average Bonchev–Trinajstić information content (AvgIpc) is 3.06. The van der Waals surface area contributed by atoms with E-state index in [2.05, 4.69) is 15.5 Å². The Morgan fingerprint density at radius 2 is 2.13 bits per heavy atom. The van der Waals surface area contributed by atoms with E-state index in [0.717, 1.165) is 22.7 Å². The van der Waals surface area contributed by atoms with Crippen molar-refractivity contribution in [2.45, 2.75) is 46.6 Å². The predicted octanol–water partition coefficient (Wildman–Crippen LogP) is 2.13. The van der Waals surface area contributed by atoms with Crippen molar-refractivity contribution in [3.8, 4) is 0 Å². The molecule has 0 radical (unpaired) electrons. The second kappa shape index (κ2) is 6.58. The van der Waals surface area contributed by atoms with Crippen LogP contribution in [0.4, 0.5) is 0 Å². The Kier molecular flexibility index (Phi) is 4.94. The average molecular weight is 319 g/mol. The lowest BCUT2D eigenvalue weighted by Crippen LogP contribution is -2.41. The summed E-state index contributed by atoms with van der Waals surface area (Å²) in [7, 11) is 0. The van der Waals surface area contributed by atoms with Crippen LogP contribution in [0.5, 0.6) is 0 Å². The third kappa shape index (κ3) is 4.01. The maximum atomic E-state index is 12.3. The molecule has 0 spiro atoms. The third-order valence-electron chi connectivity index (χ3n) is 4.12. The Balaban J connectivity index is 1.94. The smallest absolute Gasteiger partial charge is 0.223 e. The summed E-state index contributed by atoms with van der Waals surface area (Å²) in [6, 6.07) is 3.52. The van der Waals surface area contributed by atoms with Gasteiger partial charge in [0.2, 0.25) is 5.91 Å². The monoisotopic (exact) mass is 319 g/mol. The van der Waals surface area contributed by atoms with Crippen LogP contribution in [0.3, 0.4) is 0 Å². The fourth-order valence-corrected chi connectivity index (χ4v) is 2.52. The molecule has 2 aromatic heterocycles. The highest BCUT2D eigenvalue weighted by Crippen LogP contribution is 2.22. The molecule has 1 amide bonds. The Hall–Kier alpha value is -2.08. The summed E-state index contributed by atoms with van der Waals surface area (Å²) in [5, 5.41) is 20.3. The van der Waals surface area contributed by atoms with Gasteiger partial charge in [-0.3, -0.25) is 9.89 Å². The highest BCUT2D eigenvalue weighted by Gasteiger charge is 2.28. The van der Waals surface area contributed by atoms with E-state index in [0.29, 0.717) is 12.2 Å². The van der Waals surface area contributed by atoms with E-state index >= 15 is 0 Å². The number of carbonyl (C=O) groups is 1. The van der Waals surface area contributed by atoms with Crippen molar-refractivity contribution in [1.82, 2.24) is 15.5 Å². The number of rotatable bonds is 6. The first kappa shape index (κ1) is 17.3. The Morgan fingerprint density at radius 3 is 2.65 bits per heavy atom. The highest BCUT2D eigenvalue weighted by atomic mass is 16.4. The molecule has 0 aliphatic carbocycles. The number of hydrogen-bond donors (Lipinski definition) is 3. The number of carbonyl (C=O) groups excluding carboxylic acids is 1. The standard InChI is InChI=1S/C17H25N3O3/c1-10(8-14-12(3)19-20-13(14)4)16(21)18-9-17(5,22)15-7-6-11(2)23-15/h6-7,10,22H,8-9H2,1-5H3,(H,18,21)(H,19,20)/t10-,17+/m0/s1. The van der Waals surface area contributed by atoms with Crippen LogP contribution in [-0.4, -0.2) is 27.8 Å². The summed E-state index contributed by atoms with van der Waals surface area (Å²) < 4.78 is 5.44. The van der Waals surface area contributed by atoms with E-state index in [9.17, 15) is 9.90 Å². The van der Waals surface area contributed by atoms with Gasteiger partial charge in [0.1, 0.15) is 17.1 Å². The van der Waals surface area contributed by atoms with E-state index in [4.69, 9.17) is 4.42 Å². The number of amides is 1. The van der Waals surface area contributed by atoms with Gasteiger partial charge >= 0.3 is 0 Å². The molecule has 2 heterocycles. The van der Waals surface area contributed by atoms with Crippen LogP contribution in [0.2, 0.25) is 0 Å². The van der Waals surface area contributed by atoms with Crippen LogP contribution in [0.1, 0.15) is 42.3 Å². The summed E-state index contributed by atoms with van der Waals surface area (Å²) in [6.45, 7) is 9.29. The van der Waals surface area contributed by atoms with Crippen LogP contribution in [-0.2, 0) is 16.8 Å². The number of aryl methyl sites for hydroxylation is 3. The topological polar surface area (TPSA) is 91.1 Å². The minimum Gasteiger partial charge on any atom is -0.463 e. The lowest BCUT2D eigenvalue weighted by Gasteiger charge is -2.22. The number of aliphatic hydroxyl groups is 1. The number of nitrogens with one attached hydrogen (secondary N) is 2. The third-order valence-corrected chi connectivity index (χ3v) is 4.12. The SMILES string of the molecule is Cc1ccc([C@](C)(O)CNC(=O)[C@@H](C)Cc2c(C)n[nH]c2C)o1. The molecule has 0 bridgehead atoms. The molecule has 3 N–H and O–H groups in total. The fraction of sp³-hybridized carbons (Fsp3) is 0.529. The van der Waals surface area contributed by atoms with Gasteiger partial charge in [-0.15, -0.1) is 0 Å². The summed E-state index contributed by atoms with van der Waals surface area (Å²) in [6.07, 6.45) is 0.613. The molecule has 0 aromatic carbocycles. The van der Waals surface area contributed by atoms with Crippen molar-refractivity contribution in [1.29, 1.82) is 0 Å². The quantitative estimate of drug-likeness (QED) is 0.760. The summed E-state index contributed by atoms with van der Waals surface area (Å²) in [5.41, 5.74) is 1.74. The number of furan rings is 1. The van der Waals surface area contributed by atoms with Crippen molar-refractivity contribution in [3.63, 3.8) is 0 Å². The van der Waals surface area contributed by atoms with E-state index < -0.39 is 5.60 Å². The summed E-state index contributed by atoms with van der Waals surface area (Å²) in [5.74, 6) is 0.864. The van der Waals surface area contributed by atoms with Crippen LogP contribution in [0, 0.1) is 26.7 Å². The first-order valence-corrected chi connectivity index (χ1v) is 7.78. The first-order chi connectivity index (χ1) is 10.7. The minimum atomic E-state index is -1.23. The van der Waals surface area contributed by atoms with Gasteiger partial charge in [-0.05, 0) is 51.8 Å². The number of aromatic nitrogens is 2. The largest absolute Gasteiger partial charge is 0.463 e. The van der Waals surface area contributed by atoms with Crippen LogP contribution in [0.15, 0.2) is 16.5 Å². The Morgan fingerprint density at radius 1 is 1.43 bits per heavy atom. The molecule has 2 rings (SSSR count). The van der Waals surface area contributed by atoms with Crippen molar-refractivity contribution in [3.05, 3.63) is 40.6 Å². The van der Waals surface area contributed by atoms with Gasteiger partial charge in [0.05, 0.1) is 12.2 Å². The maximum Gasteiger partial charge on any atom is 0.223 e. The van der Waals surface area contributed by atoms with Crippen LogP contribution >= 0.6 is 0 Å². The number of hydrogen-bond acceptors (Lipinski definition) is 4. The molecule has 0 aliphatic rings. The molecule has 0 aliphatic heterocycles. The Bertz CT molecular complexity index is 666. The molecule has 2 aromatic rings. The molecule has 6 heteroatoms. The molecule has 2 atom stereocenters. The van der Waals surface area contributed by atoms with Gasteiger partial charge in [0.15, 0.2) is 0 Å². The first-order valence-electron chi connectivity index (χ1n) is 7.78. The maximum absolute atomic E-state index is 12.3. The van der Waals surface area contributed by atoms with Crippen LogP contribution in [0.25, 0.3) is 0 Å². The van der Waals surface area contributed by atoms with E-state index in [1.165, 1.54) is 0 Å². The van der Waals surface area contributed by atoms with Crippen LogP contribution < -0.4 is 5.32 Å². The molecular formula is C17H25N3O3. The van der Waals surface area contributed by atoms with Crippen molar-refractivity contribution >= 4 is 5.91 Å². The zero-order valence-corrected chi connectivity index (χ0v) is 14.4. The Labute approximate surface area is 136 Å². The van der Waals surface area contributed by atoms with Gasteiger partial charge < -0.3 is 14.8 Å². The van der Waals surface area contributed by atoms with Crippen molar-refractivity contribution in [2.75, 3.05) is 6.54 Å². The zero-order chi connectivity index (χ0) is 17.2. The molecule has 23 heavy (non-hydrogen) atoms. The normalized spacial score (nSPS) is 15.2. The lowest BCUT2D eigenvalue weighted by molar-refractivity contribution is -0.125. The van der Waals surface area contributed by atoms with E-state index in [1.54, 1.807) is 19.1 Å². The number of H-pyrrole nitrogens is 1. The number of nitrogens with zero attached hydrogens (tertiary/aromatic N) is 1. The predicted molar refractivity (Wildman–Crippen MR) is 87.0 cm³/mol. The van der Waals surface area contributed by atoms with Gasteiger partial charge in [-0.2, -0.15) is 5.10 Å². The van der Waals surface area contributed by atoms with Gasteiger partial charge in [0.25, 0.3) is 0 Å². The molecule has 0 saturated carbocycles. The van der Waals surface area contributed by atoms with Gasteiger partial charge in [0, 0.05) is 11.6 Å². The molecule has 0 unspecified atom stereocenters. The minimum absolute atomic E-state index is 0.103. The molecule has 126 valence electrons.